The second-order valence-corrected chi connectivity index (χ2v) is 10.2. The van der Waals surface area contributed by atoms with Gasteiger partial charge >= 0.3 is 12.0 Å². The van der Waals surface area contributed by atoms with E-state index in [4.69, 9.17) is 23.9 Å². The van der Waals surface area contributed by atoms with E-state index in [-0.39, 0.29) is 30.8 Å². The first-order valence-corrected chi connectivity index (χ1v) is 13.4. The molecule has 0 radical (unpaired) electrons. The van der Waals surface area contributed by atoms with Gasteiger partial charge in [0.1, 0.15) is 18.6 Å². The summed E-state index contributed by atoms with van der Waals surface area (Å²) in [5.74, 6) is 0.897. The largest absolute Gasteiger partial charge is 0.497 e. The van der Waals surface area contributed by atoms with Crippen LogP contribution >= 0.6 is 0 Å². The number of ether oxygens (including phenoxy) is 4. The normalized spacial score (nSPS) is 29.7. The minimum atomic E-state index is -0.812. The molecule has 2 bridgehead atoms. The van der Waals surface area contributed by atoms with Crippen molar-refractivity contribution in [2.45, 2.75) is 69.7 Å². The van der Waals surface area contributed by atoms with Crippen LogP contribution < -0.4 is 4.74 Å². The van der Waals surface area contributed by atoms with E-state index >= 15 is 0 Å². The molecule has 1 aliphatic carbocycles. The van der Waals surface area contributed by atoms with Gasteiger partial charge in [-0.05, 0) is 50.3 Å². The standard InChI is InChI=1S/C28H37N3O6/c1-3-35-19-36-23-15-24-25-29-28(26(32)37-25)16-21(28)9-7-5-4-6-8-14-30(27(33)31(24)18-23)17-20-10-12-22(34-2)13-11-20/h7,9-13,21,23-24H,3-6,8,14-19H2,1-2H3/t21-,23-,24+,28?/m1/s1. The number of hydrogen-bond donors (Lipinski definition) is 0. The van der Waals surface area contributed by atoms with Crippen molar-refractivity contribution in [2.75, 3.05) is 33.6 Å². The third kappa shape index (κ3) is 5.52. The molecule has 9 nitrogen and oxygen atoms in total. The highest BCUT2D eigenvalue weighted by molar-refractivity contribution is 6.05. The fourth-order valence-corrected chi connectivity index (χ4v) is 5.43. The first-order valence-electron chi connectivity index (χ1n) is 13.4. The second-order valence-electron chi connectivity index (χ2n) is 10.2. The lowest BCUT2D eigenvalue weighted by molar-refractivity contribution is -0.136. The minimum Gasteiger partial charge on any atom is -0.497 e. The smallest absolute Gasteiger partial charge is 0.341 e. The Morgan fingerprint density at radius 1 is 1.16 bits per heavy atom. The van der Waals surface area contributed by atoms with Crippen LogP contribution in [-0.2, 0) is 25.5 Å². The molecule has 1 spiro atoms. The van der Waals surface area contributed by atoms with Crippen molar-refractivity contribution in [1.82, 2.24) is 9.80 Å². The fraction of sp³-hybridized carbons (Fsp3) is 0.607. The summed E-state index contributed by atoms with van der Waals surface area (Å²) in [4.78, 5) is 35.4. The first kappa shape index (κ1) is 25.7. The number of esters is 1. The first-order chi connectivity index (χ1) is 18.0. The molecule has 1 saturated heterocycles. The quantitative estimate of drug-likeness (QED) is 0.239. The van der Waals surface area contributed by atoms with Crippen molar-refractivity contribution < 1.29 is 28.5 Å². The van der Waals surface area contributed by atoms with Crippen molar-refractivity contribution >= 4 is 17.9 Å². The Morgan fingerprint density at radius 3 is 2.78 bits per heavy atom. The summed E-state index contributed by atoms with van der Waals surface area (Å²) in [6.45, 7) is 4.14. The summed E-state index contributed by atoms with van der Waals surface area (Å²) < 4.78 is 22.4. The van der Waals surface area contributed by atoms with Crippen molar-refractivity contribution in [2.24, 2.45) is 10.9 Å². The number of amides is 2. The lowest BCUT2D eigenvalue weighted by atomic mass is 10.1. The molecule has 4 aliphatic rings. The molecule has 0 N–H and O–H groups in total. The van der Waals surface area contributed by atoms with E-state index in [2.05, 4.69) is 12.2 Å². The maximum atomic E-state index is 14.0. The lowest BCUT2D eigenvalue weighted by Crippen LogP contribution is -2.48. The van der Waals surface area contributed by atoms with Crippen LogP contribution in [0.5, 0.6) is 5.75 Å². The summed E-state index contributed by atoms with van der Waals surface area (Å²) in [5.41, 5.74) is 0.215. The number of carbonyl (C=O) groups is 2. The third-order valence-corrected chi connectivity index (χ3v) is 7.70. The van der Waals surface area contributed by atoms with Gasteiger partial charge in [-0.3, -0.25) is 0 Å². The van der Waals surface area contributed by atoms with Crippen molar-refractivity contribution in [3.63, 3.8) is 0 Å². The molecule has 2 fully saturated rings. The summed E-state index contributed by atoms with van der Waals surface area (Å²) in [6.07, 6.45) is 9.18. The van der Waals surface area contributed by atoms with Gasteiger partial charge in [0.15, 0.2) is 5.54 Å². The van der Waals surface area contributed by atoms with E-state index in [1.165, 1.54) is 0 Å². The molecule has 5 rings (SSSR count). The summed E-state index contributed by atoms with van der Waals surface area (Å²) in [7, 11) is 1.64. The van der Waals surface area contributed by atoms with E-state index in [1.54, 1.807) is 12.0 Å². The van der Waals surface area contributed by atoms with Crippen LogP contribution in [0.3, 0.4) is 0 Å². The van der Waals surface area contributed by atoms with Crippen LogP contribution in [0.2, 0.25) is 0 Å². The molecule has 0 aromatic heterocycles. The molecule has 2 amide bonds. The molecular formula is C28H37N3O6. The second kappa shape index (κ2) is 11.2. The summed E-state index contributed by atoms with van der Waals surface area (Å²) in [5, 5.41) is 0. The average molecular weight is 512 g/mol. The molecule has 200 valence electrons. The molecule has 37 heavy (non-hydrogen) atoms. The van der Waals surface area contributed by atoms with E-state index in [0.717, 1.165) is 37.0 Å². The Morgan fingerprint density at radius 2 is 2.00 bits per heavy atom. The Bertz CT molecular complexity index is 1040. The van der Waals surface area contributed by atoms with Gasteiger partial charge in [0.25, 0.3) is 0 Å². The van der Waals surface area contributed by atoms with Gasteiger partial charge in [0.05, 0.1) is 13.2 Å². The lowest BCUT2D eigenvalue weighted by Gasteiger charge is -2.31. The SMILES string of the molecule is CCOCO[C@@H]1C[C@H]2C3=NC4(C[C@H]4C=CCCCCCN(Cc4ccc(OC)cc4)C(=O)N2C1)C(=O)O3. The maximum Gasteiger partial charge on any atom is 0.341 e. The Labute approximate surface area is 218 Å². The molecule has 3 aliphatic heterocycles. The zero-order valence-electron chi connectivity index (χ0n) is 21.8. The molecule has 1 saturated carbocycles. The van der Waals surface area contributed by atoms with Gasteiger partial charge < -0.3 is 28.7 Å². The number of hydrogen-bond acceptors (Lipinski definition) is 7. The minimum absolute atomic E-state index is 0.0738. The number of benzene rings is 1. The van der Waals surface area contributed by atoms with Gasteiger partial charge in [0.2, 0.25) is 5.90 Å². The van der Waals surface area contributed by atoms with Crippen molar-refractivity contribution in [1.29, 1.82) is 0 Å². The zero-order chi connectivity index (χ0) is 25.8. The predicted octanol–water partition coefficient (Wildman–Crippen LogP) is 3.91. The van der Waals surface area contributed by atoms with Crippen LogP contribution in [0.4, 0.5) is 4.79 Å². The van der Waals surface area contributed by atoms with Crippen LogP contribution in [0.1, 0.15) is 51.0 Å². The summed E-state index contributed by atoms with van der Waals surface area (Å²) >= 11 is 0. The highest BCUT2D eigenvalue weighted by atomic mass is 16.7. The average Bonchev–Trinajstić information content (AvgIpc) is 3.26. The monoisotopic (exact) mass is 511 g/mol. The highest BCUT2D eigenvalue weighted by Crippen LogP contribution is 2.52. The number of allylic oxidation sites excluding steroid dienone is 1. The molecular weight excluding hydrogens is 474 g/mol. The zero-order valence-corrected chi connectivity index (χ0v) is 21.8. The van der Waals surface area contributed by atoms with Crippen molar-refractivity contribution in [3.8, 4) is 5.75 Å². The number of rotatable bonds is 7. The number of aliphatic imine (C=N–C) groups is 1. The number of methoxy groups -OCH3 is 1. The Balaban J connectivity index is 1.41. The predicted molar refractivity (Wildman–Crippen MR) is 137 cm³/mol. The van der Waals surface area contributed by atoms with Gasteiger partial charge in [-0.25, -0.2) is 14.6 Å². The van der Waals surface area contributed by atoms with Gasteiger partial charge in [-0.2, -0.15) is 0 Å². The number of urea groups is 1. The van der Waals surface area contributed by atoms with Crippen LogP contribution in [-0.4, -0.2) is 79.0 Å². The van der Waals surface area contributed by atoms with Gasteiger partial charge in [0, 0.05) is 38.6 Å². The number of carbonyl (C=O) groups excluding carboxylic acids is 2. The molecule has 1 aromatic rings. The highest BCUT2D eigenvalue weighted by Gasteiger charge is 2.65. The Kier molecular flexibility index (Phi) is 7.81. The third-order valence-electron chi connectivity index (χ3n) is 7.70. The van der Waals surface area contributed by atoms with Crippen LogP contribution in [0.25, 0.3) is 0 Å². The number of nitrogens with zero attached hydrogens (tertiary/aromatic N) is 3. The molecule has 9 heteroatoms. The van der Waals surface area contributed by atoms with Gasteiger partial charge in [-0.1, -0.05) is 30.7 Å². The number of fused-ring (bicyclic) bond motifs is 2. The van der Waals surface area contributed by atoms with E-state index < -0.39 is 11.6 Å². The summed E-state index contributed by atoms with van der Waals surface area (Å²) in [6, 6.07) is 7.26. The van der Waals surface area contributed by atoms with Gasteiger partial charge in [-0.15, -0.1) is 0 Å². The molecule has 4 atom stereocenters. The molecule has 3 heterocycles. The fourth-order valence-electron chi connectivity index (χ4n) is 5.43. The molecule has 1 unspecified atom stereocenters. The van der Waals surface area contributed by atoms with Crippen LogP contribution in [0.15, 0.2) is 41.4 Å². The Hall–Kier alpha value is -2.91. The maximum absolute atomic E-state index is 14.0. The van der Waals surface area contributed by atoms with Crippen LogP contribution in [0, 0.1) is 5.92 Å². The van der Waals surface area contributed by atoms with E-state index in [1.807, 2.05) is 36.1 Å². The van der Waals surface area contributed by atoms with Crippen molar-refractivity contribution in [3.05, 3.63) is 42.0 Å². The molecule has 1 aromatic carbocycles. The topological polar surface area (TPSA) is 89.9 Å². The van der Waals surface area contributed by atoms with E-state index in [9.17, 15) is 9.59 Å². The van der Waals surface area contributed by atoms with E-state index in [0.29, 0.717) is 45.0 Å².